The Kier molecular flexibility index (Phi) is 3.03. The second-order valence-corrected chi connectivity index (χ2v) is 4.68. The Hall–Kier alpha value is -1.61. The van der Waals surface area contributed by atoms with E-state index in [1.54, 1.807) is 0 Å². The van der Waals surface area contributed by atoms with Crippen molar-refractivity contribution in [3.63, 3.8) is 0 Å². The maximum Gasteiger partial charge on any atom is 0.0678 e. The lowest BCUT2D eigenvalue weighted by atomic mass is 10.1. The number of aromatic nitrogens is 2. The van der Waals surface area contributed by atoms with Gasteiger partial charge in [-0.05, 0) is 39.3 Å². The predicted molar refractivity (Wildman–Crippen MR) is 70.4 cm³/mol. The van der Waals surface area contributed by atoms with E-state index >= 15 is 0 Å². The molecule has 2 N–H and O–H groups in total. The van der Waals surface area contributed by atoms with Crippen LogP contribution in [0.3, 0.4) is 0 Å². The summed E-state index contributed by atoms with van der Waals surface area (Å²) in [6, 6.07) is 6.40. The van der Waals surface area contributed by atoms with Crippen molar-refractivity contribution < 1.29 is 0 Å². The summed E-state index contributed by atoms with van der Waals surface area (Å²) in [5.74, 6) is 0. The van der Waals surface area contributed by atoms with Gasteiger partial charge in [-0.2, -0.15) is 5.10 Å². The highest BCUT2D eigenvalue weighted by molar-refractivity contribution is 5.44. The molecular formula is C14H19N3. The van der Waals surface area contributed by atoms with Crippen molar-refractivity contribution >= 4 is 0 Å². The summed E-state index contributed by atoms with van der Waals surface area (Å²) >= 11 is 0. The highest BCUT2D eigenvalue weighted by atomic mass is 15.3. The second kappa shape index (κ2) is 4.34. The Labute approximate surface area is 102 Å². The van der Waals surface area contributed by atoms with Crippen LogP contribution >= 0.6 is 0 Å². The number of nitrogens with zero attached hydrogens (tertiary/aromatic N) is 2. The normalized spacial score (nSPS) is 12.8. The van der Waals surface area contributed by atoms with Crippen molar-refractivity contribution in [2.24, 2.45) is 5.73 Å². The van der Waals surface area contributed by atoms with Crippen molar-refractivity contribution in [1.82, 2.24) is 9.78 Å². The molecule has 0 aliphatic carbocycles. The molecular weight excluding hydrogens is 210 g/mol. The first-order chi connectivity index (χ1) is 8.00. The summed E-state index contributed by atoms with van der Waals surface area (Å²) in [5, 5.41) is 4.43. The minimum Gasteiger partial charge on any atom is -0.324 e. The van der Waals surface area contributed by atoms with Gasteiger partial charge in [0.15, 0.2) is 0 Å². The van der Waals surface area contributed by atoms with Gasteiger partial charge < -0.3 is 5.73 Å². The van der Waals surface area contributed by atoms with Crippen LogP contribution in [0.1, 0.15) is 35.3 Å². The van der Waals surface area contributed by atoms with E-state index in [2.05, 4.69) is 44.1 Å². The molecule has 0 saturated heterocycles. The van der Waals surface area contributed by atoms with Gasteiger partial charge in [0.25, 0.3) is 0 Å². The third kappa shape index (κ3) is 2.11. The molecule has 0 radical (unpaired) electrons. The third-order valence-electron chi connectivity index (χ3n) is 3.12. The van der Waals surface area contributed by atoms with E-state index in [4.69, 9.17) is 5.73 Å². The SMILES string of the molecule is Cc1ccc(-n2ncc(C(C)N)c2C)c(C)c1. The molecule has 1 heterocycles. The minimum absolute atomic E-state index is 0.0227. The Morgan fingerprint density at radius 1 is 1.24 bits per heavy atom. The van der Waals surface area contributed by atoms with Gasteiger partial charge in [0.05, 0.1) is 11.9 Å². The number of aryl methyl sites for hydroxylation is 2. The fourth-order valence-corrected chi connectivity index (χ4v) is 2.16. The van der Waals surface area contributed by atoms with E-state index in [0.29, 0.717) is 0 Å². The van der Waals surface area contributed by atoms with Crippen molar-refractivity contribution in [1.29, 1.82) is 0 Å². The van der Waals surface area contributed by atoms with Crippen LogP contribution in [0.25, 0.3) is 5.69 Å². The van der Waals surface area contributed by atoms with Crippen LogP contribution in [0.15, 0.2) is 24.4 Å². The molecule has 2 aromatic rings. The van der Waals surface area contributed by atoms with Gasteiger partial charge in [-0.25, -0.2) is 4.68 Å². The average Bonchev–Trinajstić information content (AvgIpc) is 2.60. The molecule has 1 unspecified atom stereocenters. The molecule has 1 aromatic heterocycles. The fraction of sp³-hybridized carbons (Fsp3) is 0.357. The molecule has 0 bridgehead atoms. The number of hydrogen-bond donors (Lipinski definition) is 1. The monoisotopic (exact) mass is 229 g/mol. The molecule has 0 aliphatic rings. The minimum atomic E-state index is 0.0227. The van der Waals surface area contributed by atoms with E-state index in [1.165, 1.54) is 11.1 Å². The number of benzene rings is 1. The molecule has 0 amide bonds. The van der Waals surface area contributed by atoms with E-state index < -0.39 is 0 Å². The highest BCUT2D eigenvalue weighted by Gasteiger charge is 2.12. The second-order valence-electron chi connectivity index (χ2n) is 4.68. The molecule has 3 nitrogen and oxygen atoms in total. The summed E-state index contributed by atoms with van der Waals surface area (Å²) in [6.45, 7) is 8.25. The summed E-state index contributed by atoms with van der Waals surface area (Å²) in [5.41, 5.74) is 11.8. The van der Waals surface area contributed by atoms with Gasteiger partial charge in [-0.1, -0.05) is 17.7 Å². The molecule has 0 saturated carbocycles. The van der Waals surface area contributed by atoms with Crippen LogP contribution in [-0.2, 0) is 0 Å². The number of nitrogens with two attached hydrogens (primary N) is 1. The molecule has 0 aliphatic heterocycles. The van der Waals surface area contributed by atoms with Crippen molar-refractivity contribution in [3.8, 4) is 5.69 Å². The van der Waals surface area contributed by atoms with Crippen LogP contribution in [0.5, 0.6) is 0 Å². The van der Waals surface area contributed by atoms with Crippen LogP contribution in [0.2, 0.25) is 0 Å². The van der Waals surface area contributed by atoms with E-state index in [-0.39, 0.29) is 6.04 Å². The molecule has 0 fully saturated rings. The maximum atomic E-state index is 5.91. The van der Waals surface area contributed by atoms with Gasteiger partial charge in [0, 0.05) is 17.3 Å². The van der Waals surface area contributed by atoms with Crippen molar-refractivity contribution in [3.05, 3.63) is 46.8 Å². The first-order valence-electron chi connectivity index (χ1n) is 5.88. The Morgan fingerprint density at radius 3 is 2.47 bits per heavy atom. The zero-order chi connectivity index (χ0) is 12.6. The fourth-order valence-electron chi connectivity index (χ4n) is 2.16. The zero-order valence-corrected chi connectivity index (χ0v) is 10.9. The van der Waals surface area contributed by atoms with Crippen LogP contribution in [0, 0.1) is 20.8 Å². The summed E-state index contributed by atoms with van der Waals surface area (Å²) in [4.78, 5) is 0. The smallest absolute Gasteiger partial charge is 0.0678 e. The summed E-state index contributed by atoms with van der Waals surface area (Å²) in [7, 11) is 0. The van der Waals surface area contributed by atoms with E-state index in [1.807, 2.05) is 17.8 Å². The first-order valence-corrected chi connectivity index (χ1v) is 5.88. The Bertz CT molecular complexity index is 538. The predicted octanol–water partition coefficient (Wildman–Crippen LogP) is 2.82. The highest BCUT2D eigenvalue weighted by Crippen LogP contribution is 2.21. The summed E-state index contributed by atoms with van der Waals surface area (Å²) in [6.07, 6.45) is 1.86. The lowest BCUT2D eigenvalue weighted by molar-refractivity contribution is 0.795. The van der Waals surface area contributed by atoms with Gasteiger partial charge in [0.1, 0.15) is 0 Å². The molecule has 2 rings (SSSR count). The average molecular weight is 229 g/mol. The van der Waals surface area contributed by atoms with Gasteiger partial charge >= 0.3 is 0 Å². The Balaban J connectivity index is 2.54. The largest absolute Gasteiger partial charge is 0.324 e. The standard InChI is InChI=1S/C14H19N3/c1-9-5-6-14(10(2)7-9)17-12(4)13(8-16-17)11(3)15/h5-8,11H,15H2,1-4H3. The Morgan fingerprint density at radius 2 is 1.94 bits per heavy atom. The molecule has 1 aromatic carbocycles. The number of rotatable bonds is 2. The van der Waals surface area contributed by atoms with Gasteiger partial charge in [-0.3, -0.25) is 0 Å². The third-order valence-corrected chi connectivity index (χ3v) is 3.12. The van der Waals surface area contributed by atoms with Crippen LogP contribution < -0.4 is 5.73 Å². The van der Waals surface area contributed by atoms with Crippen molar-refractivity contribution in [2.75, 3.05) is 0 Å². The lowest BCUT2D eigenvalue weighted by Crippen LogP contribution is -2.07. The van der Waals surface area contributed by atoms with Crippen LogP contribution in [-0.4, -0.2) is 9.78 Å². The molecule has 17 heavy (non-hydrogen) atoms. The quantitative estimate of drug-likeness (QED) is 0.860. The zero-order valence-electron chi connectivity index (χ0n) is 10.9. The topological polar surface area (TPSA) is 43.8 Å². The molecule has 1 atom stereocenters. The maximum absolute atomic E-state index is 5.91. The van der Waals surface area contributed by atoms with E-state index in [9.17, 15) is 0 Å². The lowest BCUT2D eigenvalue weighted by Gasteiger charge is -2.10. The molecule has 90 valence electrons. The van der Waals surface area contributed by atoms with Gasteiger partial charge in [0.2, 0.25) is 0 Å². The first kappa shape index (κ1) is 11.9. The van der Waals surface area contributed by atoms with Gasteiger partial charge in [-0.15, -0.1) is 0 Å². The van der Waals surface area contributed by atoms with Crippen molar-refractivity contribution in [2.45, 2.75) is 33.7 Å². The molecule has 0 spiro atoms. The molecule has 3 heteroatoms. The summed E-state index contributed by atoms with van der Waals surface area (Å²) < 4.78 is 1.97. The van der Waals surface area contributed by atoms with Crippen LogP contribution in [0.4, 0.5) is 0 Å². The van der Waals surface area contributed by atoms with E-state index in [0.717, 1.165) is 16.9 Å². The number of hydrogen-bond acceptors (Lipinski definition) is 2.